The number of aryl methyl sites for hydroxylation is 1. The summed E-state index contributed by atoms with van der Waals surface area (Å²) >= 11 is 0. The van der Waals surface area contributed by atoms with Gasteiger partial charge in [-0.3, -0.25) is 9.69 Å². The summed E-state index contributed by atoms with van der Waals surface area (Å²) in [4.78, 5) is 22.7. The molecule has 2 aromatic heterocycles. The molecule has 3 aromatic rings. The Balaban J connectivity index is 1.43. The number of nitrogens with zero attached hydrogens (tertiary/aromatic N) is 4. The summed E-state index contributed by atoms with van der Waals surface area (Å²) in [7, 11) is 0. The molecule has 0 spiro atoms. The van der Waals surface area contributed by atoms with Gasteiger partial charge in [0.2, 0.25) is 0 Å². The molecule has 2 aliphatic rings. The number of carbonyl (C=O) groups is 1. The van der Waals surface area contributed by atoms with Gasteiger partial charge in [-0.25, -0.2) is 9.37 Å². The van der Waals surface area contributed by atoms with E-state index in [1.165, 1.54) is 17.7 Å². The van der Waals surface area contributed by atoms with Crippen LogP contribution >= 0.6 is 0 Å². The average Bonchev–Trinajstić information content (AvgIpc) is 3.30. The van der Waals surface area contributed by atoms with Crippen molar-refractivity contribution >= 4 is 11.4 Å². The van der Waals surface area contributed by atoms with Crippen LogP contribution in [-0.4, -0.2) is 82.6 Å². The zero-order chi connectivity index (χ0) is 29.3. The lowest BCUT2D eigenvalue weighted by Gasteiger charge is -2.47. The quantitative estimate of drug-likeness (QED) is 0.352. The molecule has 1 amide bonds. The Bertz CT molecular complexity index is 1360. The first kappa shape index (κ1) is 29.7. The van der Waals surface area contributed by atoms with Gasteiger partial charge in [0.15, 0.2) is 0 Å². The van der Waals surface area contributed by atoms with Crippen LogP contribution in [0.5, 0.6) is 0 Å². The van der Waals surface area contributed by atoms with Crippen molar-refractivity contribution in [2.75, 3.05) is 39.4 Å². The molecule has 1 N–H and O–H groups in total. The van der Waals surface area contributed by atoms with Crippen molar-refractivity contribution in [3.05, 3.63) is 59.4 Å². The lowest BCUT2D eigenvalue weighted by Crippen LogP contribution is -2.53. The number of halogens is 1. The van der Waals surface area contributed by atoms with Crippen molar-refractivity contribution in [1.82, 2.24) is 24.5 Å². The molecule has 0 saturated carbocycles. The van der Waals surface area contributed by atoms with Crippen LogP contribution in [0.25, 0.3) is 16.6 Å². The molecule has 222 valence electrons. The third-order valence-corrected chi connectivity index (χ3v) is 9.00. The van der Waals surface area contributed by atoms with Gasteiger partial charge in [0, 0.05) is 62.0 Å². The van der Waals surface area contributed by atoms with Crippen molar-refractivity contribution in [3.8, 4) is 11.1 Å². The largest absolute Gasteiger partial charge is 0.379 e. The summed E-state index contributed by atoms with van der Waals surface area (Å²) in [5.74, 6) is 1.31. The number of nitrogens with one attached hydrogen (secondary N) is 1. The third-order valence-electron chi connectivity index (χ3n) is 9.00. The molecular formula is C33H46FN5O2. The lowest BCUT2D eigenvalue weighted by molar-refractivity contribution is 0.0432. The van der Waals surface area contributed by atoms with E-state index >= 15 is 0 Å². The van der Waals surface area contributed by atoms with Gasteiger partial charge in [0.05, 0.1) is 30.5 Å². The highest BCUT2D eigenvalue weighted by Gasteiger charge is 2.35. The minimum Gasteiger partial charge on any atom is -0.379 e. The number of hydrogen-bond acceptors (Lipinski definition) is 5. The molecular weight excluding hydrogens is 517 g/mol. The van der Waals surface area contributed by atoms with Gasteiger partial charge in [-0.05, 0) is 75.8 Å². The maximum absolute atomic E-state index is 14.5. The molecule has 0 unspecified atom stereocenters. The van der Waals surface area contributed by atoms with E-state index in [4.69, 9.17) is 4.74 Å². The smallest absolute Gasteiger partial charge is 0.254 e. The number of fused-ring (bicyclic) bond motifs is 1. The molecule has 2 saturated heterocycles. The van der Waals surface area contributed by atoms with Crippen LogP contribution in [0.1, 0.15) is 75.1 Å². The molecule has 7 nitrogen and oxygen atoms in total. The van der Waals surface area contributed by atoms with E-state index in [1.54, 1.807) is 11.0 Å². The van der Waals surface area contributed by atoms with E-state index in [-0.39, 0.29) is 11.9 Å². The summed E-state index contributed by atoms with van der Waals surface area (Å²) in [5.41, 5.74) is 4.23. The number of amides is 1. The molecule has 4 heterocycles. The van der Waals surface area contributed by atoms with E-state index in [9.17, 15) is 9.18 Å². The van der Waals surface area contributed by atoms with Crippen LogP contribution in [0.4, 0.5) is 4.39 Å². The molecule has 5 rings (SSSR count). The summed E-state index contributed by atoms with van der Waals surface area (Å²) in [6.45, 7) is 17.7. The number of likely N-dealkylation sites (tertiary alicyclic amines) is 1. The highest BCUT2D eigenvalue weighted by molar-refractivity contribution is 6.03. The fourth-order valence-electron chi connectivity index (χ4n) is 6.62. The van der Waals surface area contributed by atoms with E-state index in [2.05, 4.69) is 45.7 Å². The predicted octanol–water partition coefficient (Wildman–Crippen LogP) is 5.51. The van der Waals surface area contributed by atoms with Crippen LogP contribution < -0.4 is 5.32 Å². The maximum Gasteiger partial charge on any atom is 0.254 e. The molecule has 41 heavy (non-hydrogen) atoms. The van der Waals surface area contributed by atoms with Crippen molar-refractivity contribution in [3.63, 3.8) is 0 Å². The van der Waals surface area contributed by atoms with Crippen LogP contribution in [0.15, 0.2) is 36.7 Å². The van der Waals surface area contributed by atoms with Crippen molar-refractivity contribution in [2.24, 2.45) is 5.92 Å². The number of hydrogen-bond donors (Lipinski definition) is 1. The molecule has 0 bridgehead atoms. The van der Waals surface area contributed by atoms with Crippen molar-refractivity contribution in [1.29, 1.82) is 0 Å². The van der Waals surface area contributed by atoms with Crippen LogP contribution in [0.3, 0.4) is 0 Å². The van der Waals surface area contributed by atoms with E-state index in [0.29, 0.717) is 36.0 Å². The lowest BCUT2D eigenvalue weighted by atomic mass is 9.85. The summed E-state index contributed by atoms with van der Waals surface area (Å²) in [5, 5.41) is 3.59. The average molecular weight is 564 g/mol. The number of ether oxygens (including phenoxy) is 1. The Kier molecular flexibility index (Phi) is 9.12. The van der Waals surface area contributed by atoms with Crippen LogP contribution in [0, 0.1) is 18.7 Å². The van der Waals surface area contributed by atoms with Crippen LogP contribution in [0.2, 0.25) is 0 Å². The van der Waals surface area contributed by atoms with E-state index in [0.717, 1.165) is 68.2 Å². The first-order valence-electron chi connectivity index (χ1n) is 15.3. The minimum atomic E-state index is -0.405. The SMILES string of the molecule is CCN(C(=O)c1cc(F)ccc1-c1cc(C2CN([C@@H](CC[C@@H]3COCCN3)C(C)C)C2)cn2c(C)ncc12)C(C)C. The van der Waals surface area contributed by atoms with Gasteiger partial charge in [0.1, 0.15) is 11.6 Å². The highest BCUT2D eigenvalue weighted by atomic mass is 19.1. The van der Waals surface area contributed by atoms with Gasteiger partial charge in [-0.1, -0.05) is 19.9 Å². The second-order valence-electron chi connectivity index (χ2n) is 12.4. The topological polar surface area (TPSA) is 62.1 Å². The molecule has 2 fully saturated rings. The van der Waals surface area contributed by atoms with Gasteiger partial charge >= 0.3 is 0 Å². The van der Waals surface area contributed by atoms with Gasteiger partial charge < -0.3 is 19.4 Å². The fraction of sp³-hybridized carbons (Fsp3) is 0.576. The first-order chi connectivity index (χ1) is 19.7. The van der Waals surface area contributed by atoms with E-state index < -0.39 is 5.82 Å². The van der Waals surface area contributed by atoms with Gasteiger partial charge in [0.25, 0.3) is 5.91 Å². The second kappa shape index (κ2) is 12.6. The zero-order valence-electron chi connectivity index (χ0n) is 25.5. The van der Waals surface area contributed by atoms with Crippen molar-refractivity contribution in [2.45, 2.75) is 78.4 Å². The Labute approximate surface area is 244 Å². The monoisotopic (exact) mass is 563 g/mol. The molecule has 2 atom stereocenters. The number of pyridine rings is 1. The number of rotatable bonds is 10. The first-order valence-corrected chi connectivity index (χ1v) is 15.3. The van der Waals surface area contributed by atoms with Crippen LogP contribution in [-0.2, 0) is 4.74 Å². The standard InChI is InChI=1S/C33H46FN5O2/c1-7-38(22(4)5)33(40)30-15-26(34)8-10-28(30)29-14-24(19-39-23(6)36-16-32(29)39)25-17-37(18-25)31(21(2)3)11-9-27-20-41-13-12-35-27/h8,10,14-16,19,21-22,25,27,31,35H,7,9,11-13,17-18,20H2,1-6H3/t27-,31+/m1/s1. The minimum absolute atomic E-state index is 0.0171. The zero-order valence-corrected chi connectivity index (χ0v) is 25.5. The van der Waals surface area contributed by atoms with E-state index in [1.807, 2.05) is 33.9 Å². The Morgan fingerprint density at radius 2 is 1.98 bits per heavy atom. The molecule has 0 radical (unpaired) electrons. The summed E-state index contributed by atoms with van der Waals surface area (Å²) in [6, 6.07) is 7.80. The molecule has 1 aromatic carbocycles. The predicted molar refractivity (Wildman–Crippen MR) is 162 cm³/mol. The third kappa shape index (κ3) is 6.20. The normalized spacial score (nSPS) is 19.2. The fourth-order valence-corrected chi connectivity index (χ4v) is 6.62. The van der Waals surface area contributed by atoms with Gasteiger partial charge in [-0.2, -0.15) is 0 Å². The molecule has 8 heteroatoms. The molecule has 0 aliphatic carbocycles. The maximum atomic E-state index is 14.5. The number of morpholine rings is 1. The molecule has 2 aliphatic heterocycles. The number of carbonyl (C=O) groups excluding carboxylic acids is 1. The number of imidazole rings is 1. The highest BCUT2D eigenvalue weighted by Crippen LogP contribution is 2.37. The van der Waals surface area contributed by atoms with Gasteiger partial charge in [-0.15, -0.1) is 0 Å². The summed E-state index contributed by atoms with van der Waals surface area (Å²) in [6.07, 6.45) is 6.34. The Hall–Kier alpha value is -2.81. The number of benzene rings is 1. The summed E-state index contributed by atoms with van der Waals surface area (Å²) < 4.78 is 22.3. The van der Waals surface area contributed by atoms with Crippen molar-refractivity contribution < 1.29 is 13.9 Å². The number of aromatic nitrogens is 2. The second-order valence-corrected chi connectivity index (χ2v) is 12.4. The Morgan fingerprint density at radius 3 is 2.63 bits per heavy atom. The Morgan fingerprint density at radius 1 is 1.20 bits per heavy atom.